The third-order valence-corrected chi connectivity index (χ3v) is 1.10. The van der Waals surface area contributed by atoms with Gasteiger partial charge in [0.2, 0.25) is 6.93 Å². The molecule has 0 radical (unpaired) electrons. The fourth-order valence-corrected chi connectivity index (χ4v) is 0.454. The lowest BCUT2D eigenvalue weighted by Gasteiger charge is -2.02. The van der Waals surface area contributed by atoms with Gasteiger partial charge in [0.15, 0.2) is 0 Å². The van der Waals surface area contributed by atoms with E-state index in [4.69, 9.17) is 0 Å². The molecule has 0 saturated carbocycles. The Morgan fingerprint density at radius 1 is 1.00 bits per heavy atom. The van der Waals surface area contributed by atoms with E-state index in [1.54, 1.807) is 6.92 Å². The molecule has 0 aromatic carbocycles. The molecule has 0 N–H and O–H groups in total. The largest absolute Gasteiger partial charge is 0.389 e. The van der Waals surface area contributed by atoms with E-state index in [0.717, 1.165) is 6.42 Å². The van der Waals surface area contributed by atoms with E-state index < -0.39 is 19.5 Å². The third kappa shape index (κ3) is 49.8. The van der Waals surface area contributed by atoms with E-state index in [1.807, 2.05) is 6.92 Å². The van der Waals surface area contributed by atoms with Crippen molar-refractivity contribution in [3.8, 4) is 0 Å². The number of alkyl halides is 5. The van der Waals surface area contributed by atoms with Crippen molar-refractivity contribution in [3.63, 3.8) is 0 Å². The minimum Gasteiger partial charge on any atom is -0.214 e. The van der Waals surface area contributed by atoms with Gasteiger partial charge < -0.3 is 0 Å². The highest BCUT2D eigenvalue weighted by molar-refractivity contribution is 4.47. The summed E-state index contributed by atoms with van der Waals surface area (Å²) in [6.07, 6.45) is -2.97. The summed E-state index contributed by atoms with van der Waals surface area (Å²) in [5, 5.41) is 0. The molecule has 0 aliphatic rings. The first-order chi connectivity index (χ1) is 7.39. The van der Waals surface area contributed by atoms with E-state index in [0.29, 0.717) is 6.42 Å². The van der Waals surface area contributed by atoms with Crippen LogP contribution >= 0.6 is 0 Å². The zero-order valence-corrected chi connectivity index (χ0v) is 9.42. The quantitative estimate of drug-likeness (QED) is 0.649. The maximum atomic E-state index is 11.2. The number of rotatable bonds is 4. The van der Waals surface area contributed by atoms with E-state index in [-0.39, 0.29) is 13.0 Å². The molecule has 0 aliphatic heterocycles. The Labute approximate surface area is 91.7 Å². The Morgan fingerprint density at radius 2 is 1.44 bits per heavy atom. The van der Waals surface area contributed by atoms with Crippen LogP contribution < -0.4 is 0 Å². The van der Waals surface area contributed by atoms with Gasteiger partial charge in [-0.05, 0) is 17.4 Å². The van der Waals surface area contributed by atoms with Crippen LogP contribution in [-0.2, 0) is 4.94 Å². The van der Waals surface area contributed by atoms with Crippen LogP contribution in [0.2, 0.25) is 0 Å². The Balaban J connectivity index is -0.000000181. The lowest BCUT2D eigenvalue weighted by molar-refractivity contribution is -0.135. The molecule has 0 heterocycles. The van der Waals surface area contributed by atoms with Crippen molar-refractivity contribution in [1.82, 2.24) is 0 Å². The van der Waals surface area contributed by atoms with Gasteiger partial charge in [0.1, 0.15) is 0 Å². The monoisotopic (exact) mass is 256 g/mol. The Bertz CT molecular complexity index is 105. The topological polar surface area (TPSA) is 9.23 Å². The summed E-state index contributed by atoms with van der Waals surface area (Å²) >= 11 is 0. The van der Waals surface area contributed by atoms with Crippen LogP contribution in [0.3, 0.4) is 0 Å². The predicted molar refractivity (Wildman–Crippen MR) is 50.0 cm³/mol. The average Bonchev–Trinajstić information content (AvgIpc) is 2.17. The summed E-state index contributed by atoms with van der Waals surface area (Å²) in [5.41, 5.74) is 0. The first kappa shape index (κ1) is 20.9. The smallest absolute Gasteiger partial charge is 0.214 e. The van der Waals surface area contributed by atoms with Gasteiger partial charge in [-0.2, -0.15) is 18.1 Å². The highest BCUT2D eigenvalue weighted by Crippen LogP contribution is 2.21. The highest BCUT2D eigenvalue weighted by atomic mass is 19.4. The first-order valence-electron chi connectivity index (χ1n) is 4.81. The van der Waals surface area contributed by atoms with Gasteiger partial charge in [0.25, 0.3) is 0 Å². The molecule has 1 nitrogen and oxygen atoms in total. The van der Waals surface area contributed by atoms with Crippen LogP contribution in [0.4, 0.5) is 26.5 Å². The van der Waals surface area contributed by atoms with Crippen molar-refractivity contribution in [2.45, 2.75) is 45.7 Å². The summed E-state index contributed by atoms with van der Waals surface area (Å²) in [6.45, 7) is 2.06. The molecule has 0 aromatic heterocycles. The zero-order chi connectivity index (χ0) is 13.4. The molecule has 0 aliphatic carbocycles. The van der Waals surface area contributed by atoms with Gasteiger partial charge in [-0.3, -0.25) is 0 Å². The van der Waals surface area contributed by atoms with Crippen molar-refractivity contribution in [3.05, 3.63) is 0 Å². The summed E-state index contributed by atoms with van der Waals surface area (Å²) in [7, 11) is 0. The summed E-state index contributed by atoms with van der Waals surface area (Å²) in [4.78, 5) is 3.19. The van der Waals surface area contributed by atoms with E-state index in [2.05, 4.69) is 4.94 Å². The van der Waals surface area contributed by atoms with E-state index in [9.17, 15) is 26.5 Å². The standard InChI is InChI=1S/C5H9F3.C3H7FO.CH2F2/c1-2-3-4-5(6,7)8;1-2-3-5-4;2-1-3/h2-4H2,1H3;2-3H2,1H3;1H2. The lowest BCUT2D eigenvalue weighted by Crippen LogP contribution is -2.05. The molecule has 0 bridgehead atoms. The fourth-order valence-electron chi connectivity index (χ4n) is 0.454. The minimum atomic E-state index is -3.95. The zero-order valence-electron chi connectivity index (χ0n) is 9.42. The number of unbranched alkanes of at least 4 members (excludes halogenated alkanes) is 1. The van der Waals surface area contributed by atoms with Crippen LogP contribution in [0.1, 0.15) is 39.5 Å². The second kappa shape index (κ2) is 17.0. The van der Waals surface area contributed by atoms with Gasteiger partial charge in [0, 0.05) is 6.42 Å². The summed E-state index contributed by atoms with van der Waals surface area (Å²) < 4.78 is 63.5. The average molecular weight is 256 g/mol. The van der Waals surface area contributed by atoms with Gasteiger partial charge in [-0.15, -0.1) is 0 Å². The van der Waals surface area contributed by atoms with E-state index >= 15 is 0 Å². The predicted octanol–water partition coefficient (Wildman–Crippen LogP) is 4.92. The number of hydrogen-bond donors (Lipinski definition) is 0. The molecule has 0 amide bonds. The molecule has 0 rings (SSSR count). The molecule has 7 heteroatoms. The van der Waals surface area contributed by atoms with Crippen molar-refractivity contribution >= 4 is 0 Å². The van der Waals surface area contributed by atoms with Crippen molar-refractivity contribution in [2.75, 3.05) is 13.5 Å². The van der Waals surface area contributed by atoms with Crippen LogP contribution in [0.5, 0.6) is 0 Å². The second-order valence-electron chi connectivity index (χ2n) is 2.63. The van der Waals surface area contributed by atoms with Crippen LogP contribution in [0, 0.1) is 0 Å². The van der Waals surface area contributed by atoms with Gasteiger partial charge in [-0.1, -0.05) is 20.3 Å². The van der Waals surface area contributed by atoms with Crippen LogP contribution in [-0.4, -0.2) is 19.7 Å². The maximum absolute atomic E-state index is 11.2. The Hall–Kier alpha value is -0.460. The molecule has 102 valence electrons. The second-order valence-corrected chi connectivity index (χ2v) is 2.63. The molecule has 0 unspecified atom stereocenters. The Morgan fingerprint density at radius 3 is 1.50 bits per heavy atom. The lowest BCUT2D eigenvalue weighted by atomic mass is 10.2. The SMILES string of the molecule is CCCCC(F)(F)F.CCCOF.FCF. The molecule has 16 heavy (non-hydrogen) atoms. The van der Waals surface area contributed by atoms with Crippen molar-refractivity contribution in [1.29, 1.82) is 0 Å². The Kier molecular flexibility index (Phi) is 22.1. The summed E-state index contributed by atoms with van der Waals surface area (Å²) in [5.74, 6) is 0. The minimum absolute atomic E-state index is 0.222. The highest BCUT2D eigenvalue weighted by Gasteiger charge is 2.25. The van der Waals surface area contributed by atoms with Gasteiger partial charge in [-0.25, -0.2) is 8.78 Å². The summed E-state index contributed by atoms with van der Waals surface area (Å²) in [6, 6.07) is 0. The number of hydrogen-bond acceptors (Lipinski definition) is 1. The van der Waals surface area contributed by atoms with Crippen molar-refractivity contribution in [2.24, 2.45) is 0 Å². The van der Waals surface area contributed by atoms with Gasteiger partial charge in [0.05, 0.1) is 6.61 Å². The molecule has 0 spiro atoms. The molecule has 0 fully saturated rings. The van der Waals surface area contributed by atoms with E-state index in [1.165, 1.54) is 0 Å². The molecule has 0 atom stereocenters. The van der Waals surface area contributed by atoms with Gasteiger partial charge >= 0.3 is 6.18 Å². The maximum Gasteiger partial charge on any atom is 0.389 e. The first-order valence-corrected chi connectivity index (χ1v) is 4.81. The third-order valence-electron chi connectivity index (χ3n) is 1.10. The van der Waals surface area contributed by atoms with Crippen LogP contribution in [0.15, 0.2) is 0 Å². The molecular formula is C9H18F6O. The van der Waals surface area contributed by atoms with Crippen molar-refractivity contribution < 1.29 is 31.4 Å². The normalized spacial score (nSPS) is 9.75. The fraction of sp³-hybridized carbons (Fsp3) is 1.00. The number of halogens is 6. The molecular weight excluding hydrogens is 238 g/mol. The molecule has 0 saturated heterocycles. The van der Waals surface area contributed by atoms with Crippen LogP contribution in [0.25, 0.3) is 0 Å². The molecule has 0 aromatic rings.